The zero-order chi connectivity index (χ0) is 19.8. The SMILES string of the molecule is O=C(CC(c1ccccc1)c1ccccc1)NCC(=O)Nc1ccccc1Cl. The quantitative estimate of drug-likeness (QED) is 0.616. The number of carbonyl (C=O) groups is 2. The number of amides is 2. The van der Waals surface area contributed by atoms with Crippen LogP contribution in [0.1, 0.15) is 23.5 Å². The predicted molar refractivity (Wildman–Crippen MR) is 112 cm³/mol. The van der Waals surface area contributed by atoms with Crippen molar-refractivity contribution >= 4 is 29.1 Å². The van der Waals surface area contributed by atoms with Crippen molar-refractivity contribution in [2.75, 3.05) is 11.9 Å². The van der Waals surface area contributed by atoms with Gasteiger partial charge in [0.25, 0.3) is 0 Å². The van der Waals surface area contributed by atoms with E-state index in [1.165, 1.54) is 0 Å². The molecule has 2 N–H and O–H groups in total. The van der Waals surface area contributed by atoms with Gasteiger partial charge in [-0.2, -0.15) is 0 Å². The first-order valence-electron chi connectivity index (χ1n) is 9.04. The Morgan fingerprint density at radius 1 is 0.750 bits per heavy atom. The third kappa shape index (κ3) is 5.44. The van der Waals surface area contributed by atoms with Crippen LogP contribution in [0.3, 0.4) is 0 Å². The van der Waals surface area contributed by atoms with Crippen molar-refractivity contribution in [3.05, 3.63) is 101 Å². The number of halogens is 1. The number of nitrogens with one attached hydrogen (secondary N) is 2. The zero-order valence-electron chi connectivity index (χ0n) is 15.3. The number of carbonyl (C=O) groups excluding carboxylic acids is 2. The highest BCUT2D eigenvalue weighted by Crippen LogP contribution is 2.27. The lowest BCUT2D eigenvalue weighted by molar-refractivity contribution is -0.124. The third-order valence-corrected chi connectivity index (χ3v) is 4.72. The summed E-state index contributed by atoms with van der Waals surface area (Å²) in [6.45, 7) is -0.111. The minimum Gasteiger partial charge on any atom is -0.347 e. The summed E-state index contributed by atoms with van der Waals surface area (Å²) < 4.78 is 0. The van der Waals surface area contributed by atoms with Gasteiger partial charge in [0.2, 0.25) is 11.8 Å². The van der Waals surface area contributed by atoms with E-state index < -0.39 is 0 Å². The predicted octanol–water partition coefficient (Wildman–Crippen LogP) is 4.62. The van der Waals surface area contributed by atoms with Crippen LogP contribution < -0.4 is 10.6 Å². The van der Waals surface area contributed by atoms with Crippen LogP contribution in [0.15, 0.2) is 84.9 Å². The van der Waals surface area contributed by atoms with Crippen molar-refractivity contribution in [1.82, 2.24) is 5.32 Å². The Hall–Kier alpha value is -3.11. The highest BCUT2D eigenvalue weighted by Gasteiger charge is 2.18. The molecule has 3 aromatic carbocycles. The van der Waals surface area contributed by atoms with E-state index >= 15 is 0 Å². The Bertz CT molecular complexity index is 890. The first-order valence-corrected chi connectivity index (χ1v) is 9.42. The molecular formula is C23H21ClN2O2. The fourth-order valence-corrected chi connectivity index (χ4v) is 3.18. The molecule has 0 saturated carbocycles. The summed E-state index contributed by atoms with van der Waals surface area (Å²) in [7, 11) is 0. The number of rotatable bonds is 7. The Morgan fingerprint density at radius 3 is 1.86 bits per heavy atom. The van der Waals surface area contributed by atoms with Crippen molar-refractivity contribution in [2.45, 2.75) is 12.3 Å². The Morgan fingerprint density at radius 2 is 1.29 bits per heavy atom. The van der Waals surface area contributed by atoms with Gasteiger partial charge in [-0.05, 0) is 23.3 Å². The fourth-order valence-electron chi connectivity index (χ4n) is 2.99. The lowest BCUT2D eigenvalue weighted by atomic mass is 9.88. The summed E-state index contributed by atoms with van der Waals surface area (Å²) in [5.74, 6) is -0.585. The monoisotopic (exact) mass is 392 g/mol. The van der Waals surface area contributed by atoms with Gasteiger partial charge in [-0.3, -0.25) is 9.59 Å². The Labute approximate surface area is 169 Å². The number of anilines is 1. The summed E-state index contributed by atoms with van der Waals surface area (Å²) in [5.41, 5.74) is 2.64. The molecule has 0 atom stereocenters. The van der Waals surface area contributed by atoms with Crippen LogP contribution >= 0.6 is 11.6 Å². The van der Waals surface area contributed by atoms with Crippen molar-refractivity contribution < 1.29 is 9.59 Å². The second-order valence-corrected chi connectivity index (χ2v) is 6.79. The summed E-state index contributed by atoms with van der Waals surface area (Å²) >= 11 is 6.03. The highest BCUT2D eigenvalue weighted by molar-refractivity contribution is 6.33. The van der Waals surface area contributed by atoms with Crippen LogP contribution in [0, 0.1) is 0 Å². The molecule has 0 fully saturated rings. The maximum atomic E-state index is 12.5. The lowest BCUT2D eigenvalue weighted by Gasteiger charge is -2.18. The molecule has 0 saturated heterocycles. The molecule has 5 heteroatoms. The van der Waals surface area contributed by atoms with E-state index in [0.29, 0.717) is 10.7 Å². The smallest absolute Gasteiger partial charge is 0.243 e. The van der Waals surface area contributed by atoms with Crippen LogP contribution in [0.2, 0.25) is 5.02 Å². The van der Waals surface area contributed by atoms with Crippen LogP contribution in [0.4, 0.5) is 5.69 Å². The maximum absolute atomic E-state index is 12.5. The third-order valence-electron chi connectivity index (χ3n) is 4.39. The molecule has 0 radical (unpaired) electrons. The van der Waals surface area contributed by atoms with Gasteiger partial charge in [-0.15, -0.1) is 0 Å². The van der Waals surface area contributed by atoms with E-state index in [2.05, 4.69) is 10.6 Å². The largest absolute Gasteiger partial charge is 0.347 e. The van der Waals surface area contributed by atoms with E-state index in [0.717, 1.165) is 11.1 Å². The fraction of sp³-hybridized carbons (Fsp3) is 0.130. The summed E-state index contributed by atoms with van der Waals surface area (Å²) in [6, 6.07) is 26.7. The van der Waals surface area contributed by atoms with Gasteiger partial charge in [0.05, 0.1) is 17.3 Å². The molecule has 0 aromatic heterocycles. The molecule has 0 aliphatic heterocycles. The van der Waals surface area contributed by atoms with Crippen LogP contribution in [0.25, 0.3) is 0 Å². The number of hydrogen-bond acceptors (Lipinski definition) is 2. The van der Waals surface area contributed by atoms with Gasteiger partial charge in [0, 0.05) is 12.3 Å². The van der Waals surface area contributed by atoms with Crippen LogP contribution in [-0.2, 0) is 9.59 Å². The first kappa shape index (κ1) is 19.6. The summed E-state index contributed by atoms with van der Waals surface area (Å²) in [4.78, 5) is 24.6. The van der Waals surface area contributed by atoms with Gasteiger partial charge in [-0.25, -0.2) is 0 Å². The summed E-state index contributed by atoms with van der Waals surface area (Å²) in [5, 5.41) is 5.85. The van der Waals surface area contributed by atoms with Crippen molar-refractivity contribution in [1.29, 1.82) is 0 Å². The highest BCUT2D eigenvalue weighted by atomic mass is 35.5. The molecule has 0 spiro atoms. The van der Waals surface area contributed by atoms with Gasteiger partial charge in [-0.1, -0.05) is 84.4 Å². The first-order chi connectivity index (χ1) is 13.6. The van der Waals surface area contributed by atoms with Crippen molar-refractivity contribution in [3.63, 3.8) is 0 Å². The van der Waals surface area contributed by atoms with Crippen LogP contribution in [-0.4, -0.2) is 18.4 Å². The molecule has 0 aliphatic rings. The maximum Gasteiger partial charge on any atom is 0.243 e. The summed E-state index contributed by atoms with van der Waals surface area (Å²) in [6.07, 6.45) is 0.257. The lowest BCUT2D eigenvalue weighted by Crippen LogP contribution is -2.33. The molecule has 2 amide bonds. The van der Waals surface area contributed by atoms with Crippen molar-refractivity contribution in [2.24, 2.45) is 0 Å². The molecule has 0 aliphatic carbocycles. The van der Waals surface area contributed by atoms with E-state index in [-0.39, 0.29) is 30.7 Å². The number of benzene rings is 3. The van der Waals surface area contributed by atoms with Gasteiger partial charge < -0.3 is 10.6 Å². The molecular weight excluding hydrogens is 372 g/mol. The van der Waals surface area contributed by atoms with E-state index in [4.69, 9.17) is 11.6 Å². The van der Waals surface area contributed by atoms with E-state index in [1.807, 2.05) is 60.7 Å². The molecule has 142 valence electrons. The van der Waals surface area contributed by atoms with Gasteiger partial charge >= 0.3 is 0 Å². The molecule has 4 nitrogen and oxygen atoms in total. The Balaban J connectivity index is 1.61. The second-order valence-electron chi connectivity index (χ2n) is 6.38. The molecule has 0 bridgehead atoms. The second kappa shape index (κ2) is 9.72. The molecule has 28 heavy (non-hydrogen) atoms. The topological polar surface area (TPSA) is 58.2 Å². The van der Waals surface area contributed by atoms with E-state index in [1.54, 1.807) is 24.3 Å². The van der Waals surface area contributed by atoms with Crippen LogP contribution in [0.5, 0.6) is 0 Å². The number of para-hydroxylation sites is 1. The minimum atomic E-state index is -0.322. The molecule has 0 heterocycles. The average molecular weight is 393 g/mol. The normalized spacial score (nSPS) is 10.5. The Kier molecular flexibility index (Phi) is 6.82. The van der Waals surface area contributed by atoms with Gasteiger partial charge in [0.15, 0.2) is 0 Å². The molecule has 0 unspecified atom stereocenters. The van der Waals surface area contributed by atoms with Gasteiger partial charge in [0.1, 0.15) is 0 Å². The van der Waals surface area contributed by atoms with Crippen molar-refractivity contribution in [3.8, 4) is 0 Å². The minimum absolute atomic E-state index is 0.0750. The number of hydrogen-bond donors (Lipinski definition) is 2. The molecule has 3 aromatic rings. The zero-order valence-corrected chi connectivity index (χ0v) is 16.0. The van der Waals surface area contributed by atoms with E-state index in [9.17, 15) is 9.59 Å². The standard InChI is InChI=1S/C23H21ClN2O2/c24-20-13-7-8-14-21(20)26-23(28)16-25-22(27)15-19(17-9-3-1-4-10-17)18-11-5-2-6-12-18/h1-14,19H,15-16H2,(H,25,27)(H,26,28). The molecule has 3 rings (SSSR count). The average Bonchev–Trinajstić information content (AvgIpc) is 2.73.